The second-order valence-electron chi connectivity index (χ2n) is 1.67. The predicted octanol–water partition coefficient (Wildman–Crippen LogP) is 1.37. The first kappa shape index (κ1) is 5.41. The van der Waals surface area contributed by atoms with Gasteiger partial charge in [-0.2, -0.15) is 0 Å². The predicted molar refractivity (Wildman–Crippen MR) is 28.7 cm³/mol. The van der Waals surface area contributed by atoms with Gasteiger partial charge in [-0.25, -0.2) is 0 Å². The zero-order valence-corrected chi connectivity index (χ0v) is 5.20. The molecule has 0 aromatic heterocycles. The highest BCUT2D eigenvalue weighted by atomic mass is 32.2. The van der Waals surface area contributed by atoms with E-state index < -0.39 is 0 Å². The normalized spacial score (nSPS) is 42.0. The van der Waals surface area contributed by atoms with Crippen LogP contribution in [0.15, 0.2) is 0 Å². The molecule has 1 rings (SSSR count). The van der Waals surface area contributed by atoms with Gasteiger partial charge in [0.25, 0.3) is 0 Å². The van der Waals surface area contributed by atoms with E-state index in [1.807, 2.05) is 13.8 Å². The molecule has 7 heavy (non-hydrogen) atoms. The molecule has 0 unspecified atom stereocenters. The second-order valence-corrected chi connectivity index (χ2v) is 2.19. The van der Waals surface area contributed by atoms with Gasteiger partial charge >= 0.3 is 0 Å². The van der Waals surface area contributed by atoms with E-state index in [4.69, 9.17) is 8.37 Å². The van der Waals surface area contributed by atoms with Crippen molar-refractivity contribution < 1.29 is 8.37 Å². The Hall–Kier alpha value is 0.270. The lowest BCUT2D eigenvalue weighted by atomic mass is 10.3. The Kier molecular flexibility index (Phi) is 1.57. The number of hydrogen-bond donors (Lipinski definition) is 0. The van der Waals surface area contributed by atoms with Crippen molar-refractivity contribution in [1.29, 1.82) is 0 Å². The largest absolute Gasteiger partial charge is 0.286 e. The van der Waals surface area contributed by atoms with Gasteiger partial charge < -0.3 is 0 Å². The quantitative estimate of drug-likeness (QED) is 0.450. The lowest BCUT2D eigenvalue weighted by Gasteiger charge is -1.99. The van der Waals surface area contributed by atoms with Gasteiger partial charge in [-0.3, -0.25) is 8.37 Å². The first-order valence-electron chi connectivity index (χ1n) is 2.29. The molecule has 0 aliphatic carbocycles. The summed E-state index contributed by atoms with van der Waals surface area (Å²) in [5.41, 5.74) is 0. The van der Waals surface area contributed by atoms with Crippen LogP contribution >= 0.6 is 12.3 Å². The maximum atomic E-state index is 4.96. The van der Waals surface area contributed by atoms with Crippen LogP contribution in [-0.2, 0) is 8.37 Å². The summed E-state index contributed by atoms with van der Waals surface area (Å²) in [6.45, 7) is 3.98. The number of rotatable bonds is 0. The highest BCUT2D eigenvalue weighted by molar-refractivity contribution is 7.90. The van der Waals surface area contributed by atoms with E-state index >= 15 is 0 Å². The van der Waals surface area contributed by atoms with Crippen molar-refractivity contribution in [2.45, 2.75) is 26.1 Å². The Morgan fingerprint density at radius 3 is 1.71 bits per heavy atom. The standard InChI is InChI=1S/C4H8O2S/c1-3-4(2)6-7-5-3/h3-4H,1-2H3/t3-,4-/m0/s1. The van der Waals surface area contributed by atoms with Crippen molar-refractivity contribution in [2.24, 2.45) is 0 Å². The maximum absolute atomic E-state index is 4.96. The molecule has 1 aliphatic heterocycles. The summed E-state index contributed by atoms with van der Waals surface area (Å²) in [4.78, 5) is 0. The van der Waals surface area contributed by atoms with Gasteiger partial charge in [0.2, 0.25) is 0 Å². The zero-order chi connectivity index (χ0) is 5.28. The average Bonchev–Trinajstić information content (AvgIpc) is 1.91. The summed E-state index contributed by atoms with van der Waals surface area (Å²) in [6.07, 6.45) is 0.509. The minimum atomic E-state index is 0.255. The Morgan fingerprint density at radius 1 is 1.14 bits per heavy atom. The summed E-state index contributed by atoms with van der Waals surface area (Å²) in [5, 5.41) is 0. The second kappa shape index (κ2) is 2.03. The molecule has 0 amide bonds. The molecule has 3 heteroatoms. The topological polar surface area (TPSA) is 18.5 Å². The van der Waals surface area contributed by atoms with E-state index in [1.165, 1.54) is 0 Å². The highest BCUT2D eigenvalue weighted by Crippen LogP contribution is 2.24. The molecule has 0 bridgehead atoms. The molecule has 42 valence electrons. The van der Waals surface area contributed by atoms with Crippen molar-refractivity contribution in [2.75, 3.05) is 0 Å². The van der Waals surface area contributed by atoms with Crippen molar-refractivity contribution in [3.63, 3.8) is 0 Å². The molecule has 0 aromatic rings. The molecule has 1 aliphatic rings. The molecule has 0 saturated carbocycles. The van der Waals surface area contributed by atoms with Crippen LogP contribution in [0.5, 0.6) is 0 Å². The van der Waals surface area contributed by atoms with Crippen molar-refractivity contribution >= 4 is 12.3 Å². The first-order valence-corrected chi connectivity index (χ1v) is 2.96. The molecule has 2 nitrogen and oxygen atoms in total. The van der Waals surface area contributed by atoms with Gasteiger partial charge in [0.15, 0.2) is 12.3 Å². The summed E-state index contributed by atoms with van der Waals surface area (Å²) in [6, 6.07) is 0. The summed E-state index contributed by atoms with van der Waals surface area (Å²) in [7, 11) is 0. The van der Waals surface area contributed by atoms with Crippen LogP contribution in [0.3, 0.4) is 0 Å². The Bertz CT molecular complexity index is 58.7. The van der Waals surface area contributed by atoms with Crippen LogP contribution in [0.4, 0.5) is 0 Å². The van der Waals surface area contributed by atoms with Crippen molar-refractivity contribution in [3.8, 4) is 0 Å². The van der Waals surface area contributed by atoms with Gasteiger partial charge in [0.1, 0.15) is 0 Å². The molecule has 1 fully saturated rings. The molecule has 0 radical (unpaired) electrons. The van der Waals surface area contributed by atoms with Crippen LogP contribution in [0.1, 0.15) is 13.8 Å². The molecule has 1 heterocycles. The first-order chi connectivity index (χ1) is 3.30. The Morgan fingerprint density at radius 2 is 1.57 bits per heavy atom. The van der Waals surface area contributed by atoms with Crippen LogP contribution in [-0.4, -0.2) is 12.2 Å². The lowest BCUT2D eigenvalue weighted by molar-refractivity contribution is 0.187. The van der Waals surface area contributed by atoms with E-state index in [0.29, 0.717) is 0 Å². The van der Waals surface area contributed by atoms with Crippen molar-refractivity contribution in [3.05, 3.63) is 0 Å². The monoisotopic (exact) mass is 120 g/mol. The fourth-order valence-electron chi connectivity index (χ4n) is 0.303. The van der Waals surface area contributed by atoms with E-state index in [0.717, 1.165) is 12.3 Å². The van der Waals surface area contributed by atoms with Gasteiger partial charge in [-0.05, 0) is 13.8 Å². The summed E-state index contributed by atoms with van der Waals surface area (Å²) in [5.74, 6) is 0. The molecular formula is C4H8O2S. The Balaban J connectivity index is 2.33. The van der Waals surface area contributed by atoms with Gasteiger partial charge in [-0.1, -0.05) is 0 Å². The van der Waals surface area contributed by atoms with E-state index in [2.05, 4.69) is 0 Å². The van der Waals surface area contributed by atoms with Crippen LogP contribution < -0.4 is 0 Å². The molecule has 0 N–H and O–H groups in total. The van der Waals surface area contributed by atoms with Gasteiger partial charge in [-0.15, -0.1) is 0 Å². The average molecular weight is 120 g/mol. The van der Waals surface area contributed by atoms with Gasteiger partial charge in [0, 0.05) is 0 Å². The third-order valence-electron chi connectivity index (χ3n) is 1.04. The molecule has 2 atom stereocenters. The Labute approximate surface area is 47.6 Å². The van der Waals surface area contributed by atoms with Crippen LogP contribution in [0, 0.1) is 0 Å². The van der Waals surface area contributed by atoms with E-state index in [1.54, 1.807) is 0 Å². The van der Waals surface area contributed by atoms with Crippen LogP contribution in [0.2, 0.25) is 0 Å². The number of hydrogen-bond acceptors (Lipinski definition) is 3. The molecular weight excluding hydrogens is 112 g/mol. The van der Waals surface area contributed by atoms with E-state index in [-0.39, 0.29) is 12.2 Å². The molecule has 0 aromatic carbocycles. The summed E-state index contributed by atoms with van der Waals surface area (Å²) < 4.78 is 9.92. The van der Waals surface area contributed by atoms with Crippen LogP contribution in [0.25, 0.3) is 0 Å². The maximum Gasteiger partial charge on any atom is 0.159 e. The third kappa shape index (κ3) is 1.08. The fourth-order valence-corrected chi connectivity index (χ4v) is 0.909. The molecule has 0 spiro atoms. The van der Waals surface area contributed by atoms with Gasteiger partial charge in [0.05, 0.1) is 12.2 Å². The smallest absolute Gasteiger partial charge is 0.159 e. The SMILES string of the molecule is C[C@@H]1OSO[C@H]1C. The minimum Gasteiger partial charge on any atom is -0.286 e. The van der Waals surface area contributed by atoms with E-state index in [9.17, 15) is 0 Å². The third-order valence-corrected chi connectivity index (χ3v) is 1.81. The highest BCUT2D eigenvalue weighted by Gasteiger charge is 2.21. The minimum absolute atomic E-state index is 0.255. The summed E-state index contributed by atoms with van der Waals surface area (Å²) >= 11 is 1.09. The van der Waals surface area contributed by atoms with Crippen molar-refractivity contribution in [1.82, 2.24) is 0 Å². The zero-order valence-electron chi connectivity index (χ0n) is 4.38. The fraction of sp³-hybridized carbons (Fsp3) is 1.00. The lowest BCUT2D eigenvalue weighted by Crippen LogP contribution is -2.13. The molecule has 1 saturated heterocycles.